The molecule has 0 aliphatic rings. The van der Waals surface area contributed by atoms with Crippen molar-refractivity contribution in [1.29, 1.82) is 0 Å². The van der Waals surface area contributed by atoms with Crippen LogP contribution in [0.3, 0.4) is 0 Å². The standard InChI is InChI=1S/C13H17ClN4O/c1-7-4-5-16-13-11(7)17-12(9(3)14)18(13)8(2)6-10(15)19/h4-5,8-9H,6H2,1-3H3,(H2,15,19). The first kappa shape index (κ1) is 13.8. The minimum atomic E-state index is -0.352. The molecule has 2 atom stereocenters. The SMILES string of the molecule is Cc1ccnc2c1nc(C(C)Cl)n2C(C)CC(N)=O. The third-order valence-electron chi connectivity index (χ3n) is 3.10. The highest BCUT2D eigenvalue weighted by Gasteiger charge is 2.21. The summed E-state index contributed by atoms with van der Waals surface area (Å²) in [6.07, 6.45) is 1.97. The molecule has 0 radical (unpaired) electrons. The van der Waals surface area contributed by atoms with Crippen LogP contribution in [0.1, 0.15) is 43.1 Å². The molecule has 0 saturated heterocycles. The van der Waals surface area contributed by atoms with Gasteiger partial charge in [-0.15, -0.1) is 11.6 Å². The molecule has 2 aromatic rings. The monoisotopic (exact) mass is 280 g/mol. The molecule has 1 amide bonds. The van der Waals surface area contributed by atoms with Crippen molar-refractivity contribution >= 4 is 28.7 Å². The highest BCUT2D eigenvalue weighted by Crippen LogP contribution is 2.29. The van der Waals surface area contributed by atoms with Crippen LogP contribution in [0, 0.1) is 6.92 Å². The van der Waals surface area contributed by atoms with Crippen LogP contribution in [0.4, 0.5) is 0 Å². The summed E-state index contributed by atoms with van der Waals surface area (Å²) in [7, 11) is 0. The zero-order chi connectivity index (χ0) is 14.2. The first-order valence-corrected chi connectivity index (χ1v) is 6.61. The van der Waals surface area contributed by atoms with Gasteiger partial charge in [-0.2, -0.15) is 0 Å². The van der Waals surface area contributed by atoms with Crippen LogP contribution in [0.5, 0.6) is 0 Å². The highest BCUT2D eigenvalue weighted by atomic mass is 35.5. The van der Waals surface area contributed by atoms with Gasteiger partial charge in [0.1, 0.15) is 11.3 Å². The Hall–Kier alpha value is -1.62. The van der Waals surface area contributed by atoms with Crippen molar-refractivity contribution in [3.63, 3.8) is 0 Å². The number of halogens is 1. The quantitative estimate of drug-likeness (QED) is 0.874. The predicted octanol–water partition coefficient (Wildman–Crippen LogP) is 2.48. The summed E-state index contributed by atoms with van der Waals surface area (Å²) in [5, 5.41) is -0.260. The molecule has 0 saturated carbocycles. The molecular formula is C13H17ClN4O. The number of rotatable bonds is 4. The molecule has 0 fully saturated rings. The molecule has 6 heteroatoms. The summed E-state index contributed by atoms with van der Waals surface area (Å²) in [5.41, 5.74) is 7.88. The number of aromatic nitrogens is 3. The second-order valence-corrected chi connectivity index (χ2v) is 5.43. The third kappa shape index (κ3) is 2.56. The smallest absolute Gasteiger partial charge is 0.219 e. The van der Waals surface area contributed by atoms with E-state index in [1.165, 1.54) is 0 Å². The van der Waals surface area contributed by atoms with Crippen LogP contribution in [0.25, 0.3) is 11.2 Å². The number of aryl methyl sites for hydroxylation is 1. The number of amides is 1. The topological polar surface area (TPSA) is 73.8 Å². The lowest BCUT2D eigenvalue weighted by Gasteiger charge is -2.16. The molecule has 2 aromatic heterocycles. The lowest BCUT2D eigenvalue weighted by molar-refractivity contribution is -0.118. The van der Waals surface area contributed by atoms with Crippen LogP contribution in [0.2, 0.25) is 0 Å². The Labute approximate surface area is 116 Å². The van der Waals surface area contributed by atoms with Crippen LogP contribution >= 0.6 is 11.6 Å². The molecule has 0 aliphatic carbocycles. The van der Waals surface area contributed by atoms with Crippen molar-refractivity contribution in [3.05, 3.63) is 23.7 Å². The molecule has 102 valence electrons. The zero-order valence-corrected chi connectivity index (χ0v) is 12.0. The Bertz CT molecular complexity index is 620. The van der Waals surface area contributed by atoms with Gasteiger partial charge >= 0.3 is 0 Å². The average Bonchev–Trinajstić information content (AvgIpc) is 2.69. The second-order valence-electron chi connectivity index (χ2n) is 4.78. The normalized spacial score (nSPS) is 14.5. The number of nitrogens with two attached hydrogens (primary N) is 1. The number of hydrogen-bond donors (Lipinski definition) is 1. The molecule has 2 rings (SSSR count). The molecule has 2 heterocycles. The minimum Gasteiger partial charge on any atom is -0.370 e. The van der Waals surface area contributed by atoms with Gasteiger partial charge in [0.15, 0.2) is 5.65 Å². The number of imidazole rings is 1. The number of primary amides is 1. The number of carbonyl (C=O) groups is 1. The summed E-state index contributed by atoms with van der Waals surface area (Å²) in [5.74, 6) is 0.363. The number of nitrogens with zero attached hydrogens (tertiary/aromatic N) is 3. The number of hydrogen-bond acceptors (Lipinski definition) is 3. The van der Waals surface area contributed by atoms with E-state index in [0.29, 0.717) is 5.82 Å². The lowest BCUT2D eigenvalue weighted by atomic mass is 10.2. The van der Waals surface area contributed by atoms with E-state index < -0.39 is 0 Å². The number of carbonyl (C=O) groups excluding carboxylic acids is 1. The van der Waals surface area contributed by atoms with E-state index in [-0.39, 0.29) is 23.7 Å². The van der Waals surface area contributed by atoms with Gasteiger partial charge in [-0.25, -0.2) is 9.97 Å². The molecule has 2 N–H and O–H groups in total. The maximum atomic E-state index is 11.1. The fourth-order valence-electron chi connectivity index (χ4n) is 2.23. The third-order valence-corrected chi connectivity index (χ3v) is 3.30. The average molecular weight is 281 g/mol. The van der Waals surface area contributed by atoms with Gasteiger partial charge in [-0.3, -0.25) is 4.79 Å². The van der Waals surface area contributed by atoms with Gasteiger partial charge in [-0.1, -0.05) is 0 Å². The number of pyridine rings is 1. The maximum absolute atomic E-state index is 11.1. The Morgan fingerprint density at radius 1 is 1.53 bits per heavy atom. The molecule has 2 unspecified atom stereocenters. The van der Waals surface area contributed by atoms with Crippen LogP contribution in [-0.4, -0.2) is 20.4 Å². The van der Waals surface area contributed by atoms with Gasteiger partial charge in [0.25, 0.3) is 0 Å². The lowest BCUT2D eigenvalue weighted by Crippen LogP contribution is -2.19. The summed E-state index contributed by atoms with van der Waals surface area (Å²) in [6, 6.07) is 1.79. The van der Waals surface area contributed by atoms with E-state index in [1.807, 2.05) is 31.4 Å². The molecular weight excluding hydrogens is 264 g/mol. The first-order chi connectivity index (χ1) is 8.91. The van der Waals surface area contributed by atoms with Crippen LogP contribution < -0.4 is 5.73 Å². The van der Waals surface area contributed by atoms with Gasteiger partial charge in [0.05, 0.1) is 5.38 Å². The molecule has 19 heavy (non-hydrogen) atoms. The summed E-state index contributed by atoms with van der Waals surface area (Å²) in [6.45, 7) is 5.74. The van der Waals surface area contributed by atoms with E-state index in [0.717, 1.165) is 16.7 Å². The van der Waals surface area contributed by atoms with Gasteiger partial charge in [0.2, 0.25) is 5.91 Å². The largest absolute Gasteiger partial charge is 0.370 e. The van der Waals surface area contributed by atoms with E-state index in [9.17, 15) is 4.79 Å². The van der Waals surface area contributed by atoms with Crippen molar-refractivity contribution in [2.45, 2.75) is 38.6 Å². The molecule has 0 aliphatic heterocycles. The number of alkyl halides is 1. The summed E-state index contributed by atoms with van der Waals surface area (Å²) >= 11 is 6.19. The van der Waals surface area contributed by atoms with Gasteiger partial charge < -0.3 is 10.3 Å². The van der Waals surface area contributed by atoms with E-state index in [1.54, 1.807) is 6.20 Å². The fraction of sp³-hybridized carbons (Fsp3) is 0.462. The Morgan fingerprint density at radius 2 is 2.21 bits per heavy atom. The van der Waals surface area contributed by atoms with Crippen LogP contribution in [-0.2, 0) is 4.79 Å². The van der Waals surface area contributed by atoms with Gasteiger partial charge in [0, 0.05) is 18.7 Å². The number of fused-ring (bicyclic) bond motifs is 1. The zero-order valence-electron chi connectivity index (χ0n) is 11.2. The van der Waals surface area contributed by atoms with E-state index in [4.69, 9.17) is 17.3 Å². The summed E-state index contributed by atoms with van der Waals surface area (Å²) < 4.78 is 1.91. The second kappa shape index (κ2) is 5.17. The first-order valence-electron chi connectivity index (χ1n) is 6.17. The molecule has 0 aromatic carbocycles. The predicted molar refractivity (Wildman–Crippen MR) is 75.1 cm³/mol. The Balaban J connectivity index is 2.65. The highest BCUT2D eigenvalue weighted by molar-refractivity contribution is 6.20. The summed E-state index contributed by atoms with van der Waals surface area (Å²) in [4.78, 5) is 20.0. The molecule has 5 nitrogen and oxygen atoms in total. The van der Waals surface area contributed by atoms with E-state index in [2.05, 4.69) is 9.97 Å². The van der Waals surface area contributed by atoms with Crippen molar-refractivity contribution in [3.8, 4) is 0 Å². The van der Waals surface area contributed by atoms with Crippen molar-refractivity contribution in [1.82, 2.24) is 14.5 Å². The van der Waals surface area contributed by atoms with Crippen LogP contribution in [0.15, 0.2) is 12.3 Å². The maximum Gasteiger partial charge on any atom is 0.219 e. The molecule has 0 spiro atoms. The molecule has 0 bridgehead atoms. The van der Waals surface area contributed by atoms with Crippen molar-refractivity contribution < 1.29 is 4.79 Å². The Kier molecular flexibility index (Phi) is 3.75. The van der Waals surface area contributed by atoms with E-state index >= 15 is 0 Å². The van der Waals surface area contributed by atoms with Crippen molar-refractivity contribution in [2.24, 2.45) is 5.73 Å². The van der Waals surface area contributed by atoms with Gasteiger partial charge in [-0.05, 0) is 32.4 Å². The minimum absolute atomic E-state index is 0.118. The van der Waals surface area contributed by atoms with Crippen molar-refractivity contribution in [2.75, 3.05) is 0 Å². The fourth-order valence-corrected chi connectivity index (χ4v) is 2.38. The Morgan fingerprint density at radius 3 is 2.79 bits per heavy atom.